The Morgan fingerprint density at radius 1 is 0.402 bits per heavy atom. The number of aliphatic hydroxyl groups excluding tert-OH is 1. The molecular formula is C79H135N31O17. The van der Waals surface area contributed by atoms with Crippen LogP contribution >= 0.6 is 0 Å². The Morgan fingerprint density at radius 2 is 0.772 bits per heavy atom. The molecule has 0 spiro atoms. The molecule has 4 fully saturated rings. The molecule has 4 heterocycles. The van der Waals surface area contributed by atoms with Gasteiger partial charge in [-0.15, -0.1) is 0 Å². The van der Waals surface area contributed by atoms with E-state index in [1.165, 1.54) is 21.6 Å². The second-order valence-corrected chi connectivity index (χ2v) is 32.4. The second-order valence-electron chi connectivity index (χ2n) is 32.4. The van der Waals surface area contributed by atoms with Crippen molar-refractivity contribution < 1.29 is 82.1 Å². The first kappa shape index (κ1) is 105. The number of nitrogens with one attached hydrogen (secondary N) is 20. The van der Waals surface area contributed by atoms with Crippen LogP contribution in [0.3, 0.4) is 0 Å². The maximum Gasteiger partial charge on any atom is 0.326 e. The van der Waals surface area contributed by atoms with Gasteiger partial charge in [-0.1, -0.05) is 44.2 Å². The van der Waals surface area contributed by atoms with Gasteiger partial charge in [0, 0.05) is 65.3 Å². The molecule has 1 aromatic rings. The van der Waals surface area contributed by atoms with Gasteiger partial charge < -0.3 is 150 Å². The first-order chi connectivity index (χ1) is 60.3. The van der Waals surface area contributed by atoms with Crippen LogP contribution in [-0.2, 0) is 78.3 Å². The Bertz CT molecular complexity index is 3960. The fourth-order valence-corrected chi connectivity index (χ4v) is 15.3. The fraction of sp³-hybridized carbons (Fsp3) is 0.671. The van der Waals surface area contributed by atoms with Crippen LogP contribution in [0, 0.1) is 33.0 Å². The summed E-state index contributed by atoms with van der Waals surface area (Å²) in [5.41, 5.74) is 39.8. The van der Waals surface area contributed by atoms with Crippen LogP contribution in [0.4, 0.5) is 0 Å². The molecule has 4 aliphatic rings. The summed E-state index contributed by atoms with van der Waals surface area (Å²) in [6.45, 7) is 4.33. The quantitative estimate of drug-likeness (QED) is 0.0164. The minimum atomic E-state index is -1.70. The maximum atomic E-state index is 15.0. The lowest BCUT2D eigenvalue weighted by Gasteiger charge is -2.32. The van der Waals surface area contributed by atoms with Crippen LogP contribution in [0.1, 0.15) is 168 Å². The van der Waals surface area contributed by atoms with Gasteiger partial charge in [-0.3, -0.25) is 94.2 Å². The summed E-state index contributed by atoms with van der Waals surface area (Å²) in [7, 11) is 0. The van der Waals surface area contributed by atoms with Crippen molar-refractivity contribution in [3.8, 4) is 0 Å². The van der Waals surface area contributed by atoms with E-state index in [-0.39, 0.29) is 204 Å². The molecule has 1 aromatic carbocycles. The molecule has 48 heteroatoms. The topological polar surface area (TPSA) is 791 Å². The Morgan fingerprint density at radius 3 is 1.24 bits per heavy atom. The number of aliphatic carboxylic acids is 1. The normalized spacial score (nSPS) is 18.2. The van der Waals surface area contributed by atoms with E-state index in [1.807, 2.05) is 0 Å². The Hall–Kier alpha value is -12.5. The highest BCUT2D eigenvalue weighted by Gasteiger charge is 2.46. The molecule has 708 valence electrons. The van der Waals surface area contributed by atoms with Crippen molar-refractivity contribution in [3.05, 3.63) is 35.9 Å². The maximum absolute atomic E-state index is 15.0. The highest BCUT2D eigenvalue weighted by atomic mass is 16.4. The average Bonchev–Trinajstić information content (AvgIpc) is 1.69. The first-order valence-electron chi connectivity index (χ1n) is 43.3. The lowest BCUT2D eigenvalue weighted by Crippen LogP contribution is -2.60. The van der Waals surface area contributed by atoms with Crippen molar-refractivity contribution >= 4 is 118 Å². The smallest absolute Gasteiger partial charge is 0.326 e. The molecule has 0 saturated carbocycles. The van der Waals surface area contributed by atoms with Crippen LogP contribution in [0.15, 0.2) is 30.3 Å². The summed E-state index contributed by atoms with van der Waals surface area (Å²) in [6.07, 6.45) is 3.60. The zero-order chi connectivity index (χ0) is 94.0. The number of benzene rings is 1. The number of rotatable bonds is 54. The highest BCUT2D eigenvalue weighted by Crippen LogP contribution is 2.27. The van der Waals surface area contributed by atoms with Gasteiger partial charge in [-0.25, -0.2) is 4.79 Å². The Kier molecular flexibility index (Phi) is 45.0. The summed E-state index contributed by atoms with van der Waals surface area (Å²) in [5, 5.41) is 98.1. The third kappa shape index (κ3) is 35.8. The van der Waals surface area contributed by atoms with E-state index < -0.39 is 192 Å². The van der Waals surface area contributed by atoms with E-state index in [9.17, 15) is 77.3 Å². The number of carbonyl (C=O) groups excluding carboxylic acids is 14. The summed E-state index contributed by atoms with van der Waals surface area (Å²) in [5.74, 6) is -14.3. The van der Waals surface area contributed by atoms with Crippen LogP contribution < -0.4 is 120 Å². The number of carbonyl (C=O) groups is 15. The number of hydrogen-bond acceptors (Lipinski definition) is 23. The predicted octanol–water partition coefficient (Wildman–Crippen LogP) is -8.41. The van der Waals surface area contributed by atoms with Crippen molar-refractivity contribution in [2.24, 2.45) is 46.1 Å². The number of amides is 14. The van der Waals surface area contributed by atoms with E-state index in [2.05, 4.69) is 79.8 Å². The Balaban J connectivity index is 1.28. The lowest BCUT2D eigenvalue weighted by molar-refractivity contribution is -0.147. The van der Waals surface area contributed by atoms with Crippen molar-refractivity contribution in [1.29, 1.82) is 27.0 Å². The Labute approximate surface area is 737 Å². The van der Waals surface area contributed by atoms with Gasteiger partial charge in [0.15, 0.2) is 29.8 Å². The van der Waals surface area contributed by atoms with Crippen LogP contribution in [0.5, 0.6) is 0 Å². The number of likely N-dealkylation sites (tertiary alicyclic amines) is 4. The van der Waals surface area contributed by atoms with Gasteiger partial charge in [0.25, 0.3) is 0 Å². The number of aliphatic hydroxyl groups is 1. The predicted molar refractivity (Wildman–Crippen MR) is 466 cm³/mol. The fourth-order valence-electron chi connectivity index (χ4n) is 15.3. The van der Waals surface area contributed by atoms with Gasteiger partial charge in [-0.2, -0.15) is 0 Å². The van der Waals surface area contributed by atoms with E-state index in [0.29, 0.717) is 44.2 Å². The van der Waals surface area contributed by atoms with E-state index in [1.54, 1.807) is 44.2 Å². The molecule has 48 nitrogen and oxygen atoms in total. The molecule has 5 rings (SSSR count). The number of guanidine groups is 5. The van der Waals surface area contributed by atoms with E-state index >= 15 is 4.79 Å². The van der Waals surface area contributed by atoms with Gasteiger partial charge in [-0.05, 0) is 166 Å². The summed E-state index contributed by atoms with van der Waals surface area (Å²) >= 11 is 0. The molecule has 0 bridgehead atoms. The molecule has 4 aliphatic heterocycles. The molecule has 0 unspecified atom stereocenters. The lowest BCUT2D eigenvalue weighted by atomic mass is 10.0. The van der Waals surface area contributed by atoms with E-state index in [0.717, 1.165) is 4.90 Å². The SMILES string of the molecule is CC(C)C[C@H](NC(=O)[C@@H]1CCCN1C(=O)[C@H](CO)NC(=O)[C@H](C)NC(=O)[C@@H]1CCCN1C(=O)[C@H](CCCNC(=N)N)NC(=O)[C@H](Cc1ccccc1)NC(=O)[C@H](CCCNC(=N)N)NC(=O)[C@H](CCCNC(=N)N)NC(=O)[C@@H](N)CCCNC(=N)N)C(=O)N[C@@H](CCCNC(=N)N)C(=O)NCC(=O)N1CCC[C@H]1C(=O)N1CCC[C@H]1C(=O)N[C@@H](CCCCN)C(=O)O. The molecule has 14 atom stereocenters. The molecule has 36 N–H and O–H groups in total. The number of hydrogen-bond donors (Lipinski definition) is 29. The van der Waals surface area contributed by atoms with Crippen LogP contribution in [0.25, 0.3) is 0 Å². The van der Waals surface area contributed by atoms with Crippen LogP contribution in [0.2, 0.25) is 0 Å². The summed E-state index contributed by atoms with van der Waals surface area (Å²) in [6, 6.07) is -9.88. The van der Waals surface area contributed by atoms with Crippen LogP contribution in [-0.4, -0.2) is 311 Å². The number of unbranched alkanes of at least 4 members (excludes halogenated alkanes) is 1. The molecular weight excluding hydrogens is 1660 g/mol. The second kappa shape index (κ2) is 54.4. The monoisotopic (exact) mass is 1790 g/mol. The first-order valence-corrected chi connectivity index (χ1v) is 43.3. The molecule has 0 radical (unpaired) electrons. The number of carboxylic acids is 1. The standard InChI is InChI=1S/C79H135N31O17/c1-44(2)40-53(66(118)100-48(22-10-32-93-76(84)85)63(115)97-42-60(112)107-36-17-29-59(107)73(125)110-39-16-28-58(110)69(121)103-52(74(126)127)21-7-8-30-80)105-70(122)57-27-15-38-109(57)72(124)55(43-111)106-61(113)45(3)98-68(120)56-26-14-37-108(56)71(123)51(25-13-35-96-79(90)91)102-67(119)54(41-46-18-5-4-6-19-46)104-65(117)50(24-12-34-95-78(88)89)101-64(116)49(23-11-33-94-77(86)87)99-62(114)47(81)20-9-31-92-75(82)83/h4-6,18-19,44-45,47-59,111H,7-17,20-43,80-81H2,1-3H3,(H,97,115)(H,98,120)(H,99,114)(H,100,118)(H,101,116)(H,102,119)(H,103,121)(H,104,117)(H,105,122)(H,106,113)(H,126,127)(H4,82,83,92)(H4,84,85,93)(H4,86,87,94)(H4,88,89,95)(H4,90,91,96)/t45-,47-,48-,49-,50-,51-,52-,53-,54-,55-,56-,57-,58-,59-/m0/s1. The minimum absolute atomic E-state index is 0.00858. The van der Waals surface area contributed by atoms with Crippen molar-refractivity contribution in [2.75, 3.05) is 78.6 Å². The summed E-state index contributed by atoms with van der Waals surface area (Å²) in [4.78, 5) is 217. The van der Waals surface area contributed by atoms with Gasteiger partial charge >= 0.3 is 5.97 Å². The van der Waals surface area contributed by atoms with Gasteiger partial charge in [0.2, 0.25) is 82.7 Å². The van der Waals surface area contributed by atoms with Crippen molar-refractivity contribution in [2.45, 2.75) is 253 Å². The third-order valence-electron chi connectivity index (χ3n) is 22.0. The van der Waals surface area contributed by atoms with Gasteiger partial charge in [0.1, 0.15) is 78.5 Å². The zero-order valence-electron chi connectivity index (χ0n) is 72.6. The molecule has 0 aromatic heterocycles. The molecule has 0 aliphatic carbocycles. The molecule has 127 heavy (non-hydrogen) atoms. The summed E-state index contributed by atoms with van der Waals surface area (Å²) < 4.78 is 0. The van der Waals surface area contributed by atoms with Crippen molar-refractivity contribution in [3.63, 3.8) is 0 Å². The zero-order valence-corrected chi connectivity index (χ0v) is 72.6. The van der Waals surface area contributed by atoms with Crippen molar-refractivity contribution in [1.82, 2.24) is 99.4 Å². The average molecular weight is 1790 g/mol. The number of nitrogens with zero attached hydrogens (tertiary/aromatic N) is 4. The number of carboxylic acid groups (broad SMARTS) is 1. The largest absolute Gasteiger partial charge is 0.480 e. The number of nitrogens with two attached hydrogens (primary N) is 7. The third-order valence-corrected chi connectivity index (χ3v) is 22.0. The van der Waals surface area contributed by atoms with E-state index in [4.69, 9.17) is 67.2 Å². The highest BCUT2D eigenvalue weighted by molar-refractivity contribution is 6.01. The molecule has 4 saturated heterocycles. The minimum Gasteiger partial charge on any atom is -0.480 e. The molecule has 14 amide bonds. The van der Waals surface area contributed by atoms with Gasteiger partial charge in [0.05, 0.1) is 19.2 Å².